The van der Waals surface area contributed by atoms with E-state index >= 15 is 0 Å². The number of hydrogen-bond donors (Lipinski definition) is 1. The molecule has 164 valence electrons. The van der Waals surface area contributed by atoms with E-state index in [1.165, 1.54) is 11.1 Å². The lowest BCUT2D eigenvalue weighted by Gasteiger charge is -2.25. The Morgan fingerprint density at radius 2 is 1.30 bits per heavy atom. The van der Waals surface area contributed by atoms with Gasteiger partial charge in [-0.15, -0.1) is 0 Å². The van der Waals surface area contributed by atoms with Crippen LogP contribution in [-0.2, 0) is 19.6 Å². The van der Waals surface area contributed by atoms with Crippen LogP contribution in [0.15, 0.2) is 106 Å². The molecule has 0 spiro atoms. The van der Waals surface area contributed by atoms with Crippen molar-refractivity contribution in [3.8, 4) is 0 Å². The first-order chi connectivity index (χ1) is 16.2. The van der Waals surface area contributed by atoms with E-state index in [9.17, 15) is 4.79 Å². The van der Waals surface area contributed by atoms with Crippen molar-refractivity contribution >= 4 is 32.8 Å². The molecule has 0 fully saturated rings. The maximum absolute atomic E-state index is 13.0. The summed E-state index contributed by atoms with van der Waals surface area (Å²) in [7, 11) is 0. The molecule has 0 radical (unpaired) electrons. The standard InChI is InChI=1S/C27H23BrN4O/c28-23-16-29-26(24-25(23)32(27(33)30-24)19-22-14-8-3-9-15-22)31(17-20-10-4-1-5-11-20)18-21-12-6-2-7-13-21/h1-16H,17-19H2,(H,30,33). The van der Waals surface area contributed by atoms with Gasteiger partial charge in [-0.1, -0.05) is 91.0 Å². The van der Waals surface area contributed by atoms with Crippen LogP contribution < -0.4 is 10.6 Å². The molecule has 5 rings (SSSR count). The van der Waals surface area contributed by atoms with Gasteiger partial charge in [-0.05, 0) is 32.6 Å². The van der Waals surface area contributed by atoms with Gasteiger partial charge in [-0.2, -0.15) is 0 Å². The molecule has 0 aliphatic rings. The minimum Gasteiger partial charge on any atom is -0.346 e. The molecule has 5 nitrogen and oxygen atoms in total. The van der Waals surface area contributed by atoms with E-state index in [0.29, 0.717) is 19.6 Å². The number of fused-ring (bicyclic) bond motifs is 1. The van der Waals surface area contributed by atoms with Crippen molar-refractivity contribution in [2.75, 3.05) is 4.90 Å². The average molecular weight is 499 g/mol. The van der Waals surface area contributed by atoms with Gasteiger partial charge in [0.2, 0.25) is 0 Å². The zero-order valence-corrected chi connectivity index (χ0v) is 19.6. The number of nitrogens with one attached hydrogen (secondary N) is 1. The lowest BCUT2D eigenvalue weighted by atomic mass is 10.1. The Morgan fingerprint density at radius 1 is 0.788 bits per heavy atom. The number of nitrogens with zero attached hydrogens (tertiary/aromatic N) is 3. The van der Waals surface area contributed by atoms with Crippen LogP contribution >= 0.6 is 15.9 Å². The van der Waals surface area contributed by atoms with Crippen molar-refractivity contribution in [2.24, 2.45) is 0 Å². The first kappa shape index (κ1) is 21.2. The summed E-state index contributed by atoms with van der Waals surface area (Å²) < 4.78 is 2.55. The molecule has 0 atom stereocenters. The summed E-state index contributed by atoms with van der Waals surface area (Å²) in [5.74, 6) is 0.754. The third-order valence-corrected chi connectivity index (χ3v) is 6.23. The summed E-state index contributed by atoms with van der Waals surface area (Å²) >= 11 is 3.63. The number of halogens is 1. The van der Waals surface area contributed by atoms with Crippen LogP contribution in [0.25, 0.3) is 11.0 Å². The quantitative estimate of drug-likeness (QED) is 0.311. The summed E-state index contributed by atoms with van der Waals surface area (Å²) in [6.07, 6.45) is 1.79. The molecular formula is C27H23BrN4O. The molecule has 5 aromatic rings. The van der Waals surface area contributed by atoms with E-state index in [1.807, 2.05) is 66.7 Å². The van der Waals surface area contributed by atoms with E-state index < -0.39 is 0 Å². The van der Waals surface area contributed by atoms with E-state index in [0.717, 1.165) is 26.9 Å². The maximum Gasteiger partial charge on any atom is 0.326 e. The summed E-state index contributed by atoms with van der Waals surface area (Å²) in [5, 5.41) is 0. The second kappa shape index (κ2) is 9.46. The van der Waals surface area contributed by atoms with E-state index in [4.69, 9.17) is 4.98 Å². The zero-order valence-electron chi connectivity index (χ0n) is 18.0. The minimum absolute atomic E-state index is 0.150. The minimum atomic E-state index is -0.150. The Balaban J connectivity index is 1.61. The first-order valence-electron chi connectivity index (χ1n) is 10.8. The second-order valence-electron chi connectivity index (χ2n) is 7.98. The summed E-state index contributed by atoms with van der Waals surface area (Å²) in [4.78, 5) is 23.1. The smallest absolute Gasteiger partial charge is 0.326 e. The predicted molar refractivity (Wildman–Crippen MR) is 136 cm³/mol. The number of hydrogen-bond acceptors (Lipinski definition) is 3. The molecule has 0 amide bonds. The number of aromatic nitrogens is 3. The number of imidazole rings is 1. The highest BCUT2D eigenvalue weighted by Crippen LogP contribution is 2.30. The number of benzene rings is 3. The number of H-pyrrole nitrogens is 1. The molecule has 2 aromatic heterocycles. The van der Waals surface area contributed by atoms with E-state index in [-0.39, 0.29) is 5.69 Å². The van der Waals surface area contributed by atoms with E-state index in [1.54, 1.807) is 10.8 Å². The molecule has 6 heteroatoms. The zero-order chi connectivity index (χ0) is 22.6. The van der Waals surface area contributed by atoms with Gasteiger partial charge < -0.3 is 9.88 Å². The van der Waals surface area contributed by atoms with Gasteiger partial charge in [0.05, 0.1) is 16.5 Å². The van der Waals surface area contributed by atoms with Crippen LogP contribution in [0.2, 0.25) is 0 Å². The Hall–Kier alpha value is -3.64. The fourth-order valence-corrected chi connectivity index (χ4v) is 4.61. The van der Waals surface area contributed by atoms with Crippen molar-refractivity contribution in [1.82, 2.24) is 14.5 Å². The fourth-order valence-electron chi connectivity index (χ4n) is 4.09. The lowest BCUT2D eigenvalue weighted by Crippen LogP contribution is -2.23. The van der Waals surface area contributed by atoms with Gasteiger partial charge in [0.1, 0.15) is 5.52 Å². The van der Waals surface area contributed by atoms with Crippen molar-refractivity contribution in [1.29, 1.82) is 0 Å². The number of anilines is 1. The van der Waals surface area contributed by atoms with Crippen LogP contribution in [-0.4, -0.2) is 14.5 Å². The molecule has 0 bridgehead atoms. The molecule has 33 heavy (non-hydrogen) atoms. The van der Waals surface area contributed by atoms with Crippen LogP contribution in [0.1, 0.15) is 16.7 Å². The molecule has 1 N–H and O–H groups in total. The molecule has 0 saturated carbocycles. The topological polar surface area (TPSA) is 53.9 Å². The monoisotopic (exact) mass is 498 g/mol. The Kier molecular flexibility index (Phi) is 6.09. The lowest BCUT2D eigenvalue weighted by molar-refractivity contribution is 0.784. The second-order valence-corrected chi connectivity index (χ2v) is 8.84. The molecule has 3 aromatic carbocycles. The highest BCUT2D eigenvalue weighted by molar-refractivity contribution is 9.10. The Morgan fingerprint density at radius 3 is 1.85 bits per heavy atom. The van der Waals surface area contributed by atoms with Crippen molar-refractivity contribution in [2.45, 2.75) is 19.6 Å². The maximum atomic E-state index is 13.0. The average Bonchev–Trinajstić information content (AvgIpc) is 3.17. The number of aromatic amines is 1. The predicted octanol–water partition coefficient (Wildman–Crippen LogP) is 5.74. The molecule has 0 aliphatic heterocycles. The Labute approximate surface area is 200 Å². The molecule has 0 saturated heterocycles. The summed E-state index contributed by atoms with van der Waals surface area (Å²) in [5.41, 5.74) is 4.83. The SMILES string of the molecule is O=c1[nH]c2c(N(Cc3ccccc3)Cc3ccccc3)ncc(Br)c2n1Cc1ccccc1. The van der Waals surface area contributed by atoms with Crippen molar-refractivity contribution in [3.63, 3.8) is 0 Å². The van der Waals surface area contributed by atoms with Gasteiger partial charge in [0, 0.05) is 19.3 Å². The van der Waals surface area contributed by atoms with Gasteiger partial charge in [-0.3, -0.25) is 4.57 Å². The van der Waals surface area contributed by atoms with Crippen LogP contribution in [0.3, 0.4) is 0 Å². The largest absolute Gasteiger partial charge is 0.346 e. The van der Waals surface area contributed by atoms with Gasteiger partial charge >= 0.3 is 5.69 Å². The number of pyridine rings is 1. The normalized spacial score (nSPS) is 11.1. The van der Waals surface area contributed by atoms with Crippen LogP contribution in [0, 0.1) is 0 Å². The molecule has 2 heterocycles. The summed E-state index contributed by atoms with van der Waals surface area (Å²) in [6.45, 7) is 1.83. The molecular weight excluding hydrogens is 476 g/mol. The van der Waals surface area contributed by atoms with Crippen molar-refractivity contribution < 1.29 is 0 Å². The third kappa shape index (κ3) is 4.61. The fraction of sp³-hybridized carbons (Fsp3) is 0.111. The summed E-state index contributed by atoms with van der Waals surface area (Å²) in [6, 6.07) is 30.6. The molecule has 0 unspecified atom stereocenters. The van der Waals surface area contributed by atoms with Gasteiger partial charge in [-0.25, -0.2) is 9.78 Å². The third-order valence-electron chi connectivity index (χ3n) is 5.65. The highest BCUT2D eigenvalue weighted by atomic mass is 79.9. The first-order valence-corrected chi connectivity index (χ1v) is 11.6. The highest BCUT2D eigenvalue weighted by Gasteiger charge is 2.20. The van der Waals surface area contributed by atoms with Gasteiger partial charge in [0.25, 0.3) is 0 Å². The molecule has 0 aliphatic carbocycles. The van der Waals surface area contributed by atoms with Crippen molar-refractivity contribution in [3.05, 3.63) is 129 Å². The Bertz CT molecular complexity index is 1370. The van der Waals surface area contributed by atoms with E-state index in [2.05, 4.69) is 50.1 Å². The number of rotatable bonds is 7. The van der Waals surface area contributed by atoms with Crippen LogP contribution in [0.5, 0.6) is 0 Å². The van der Waals surface area contributed by atoms with Gasteiger partial charge in [0.15, 0.2) is 5.82 Å². The van der Waals surface area contributed by atoms with Crippen LogP contribution in [0.4, 0.5) is 5.82 Å².